The normalized spacial score (nSPS) is 15.5. The number of nitrogens with zero attached hydrogens (tertiary/aromatic N) is 2. The predicted molar refractivity (Wildman–Crippen MR) is 130 cm³/mol. The minimum Gasteiger partial charge on any atom is -0.473 e. The Kier molecular flexibility index (Phi) is 5.59. The van der Waals surface area contributed by atoms with E-state index >= 15 is 0 Å². The van der Waals surface area contributed by atoms with E-state index in [-0.39, 0.29) is 13.5 Å². The van der Waals surface area contributed by atoms with Gasteiger partial charge in [-0.3, -0.25) is 0 Å². The van der Waals surface area contributed by atoms with Crippen molar-refractivity contribution in [3.63, 3.8) is 0 Å². The van der Waals surface area contributed by atoms with Crippen LogP contribution in [0.1, 0.15) is 22.3 Å². The lowest BCUT2D eigenvalue weighted by Crippen LogP contribution is -2.33. The standard InChI is InChI=1S/C28H20F6N2O2/c29-27(30,31)20-3-1-5-22(11-20)35-13-18-8-7-17-10-25-19(9-24(17)26(18)38-16-35)14-36(15-37-25)23-6-2-4-21(12-23)28(32,33)34/h1-12H,13-16H2. The van der Waals surface area contributed by atoms with E-state index in [9.17, 15) is 26.3 Å². The van der Waals surface area contributed by atoms with Crippen molar-refractivity contribution in [1.82, 2.24) is 0 Å². The highest BCUT2D eigenvalue weighted by Crippen LogP contribution is 2.41. The topological polar surface area (TPSA) is 24.9 Å². The molecule has 2 aliphatic heterocycles. The Morgan fingerprint density at radius 1 is 0.605 bits per heavy atom. The first-order valence-corrected chi connectivity index (χ1v) is 11.7. The third-order valence-corrected chi connectivity index (χ3v) is 6.77. The summed E-state index contributed by atoms with van der Waals surface area (Å²) in [6.45, 7) is 0.869. The Bertz CT molecular complexity index is 1530. The monoisotopic (exact) mass is 530 g/mol. The Labute approximate surface area is 213 Å². The molecule has 0 atom stereocenters. The van der Waals surface area contributed by atoms with Crippen molar-refractivity contribution in [2.24, 2.45) is 0 Å². The summed E-state index contributed by atoms with van der Waals surface area (Å²) >= 11 is 0. The molecule has 4 nitrogen and oxygen atoms in total. The van der Waals surface area contributed by atoms with E-state index in [0.29, 0.717) is 36.0 Å². The molecule has 4 aromatic carbocycles. The molecule has 0 amide bonds. The molecule has 2 aliphatic rings. The molecular formula is C28H20F6N2O2. The maximum Gasteiger partial charge on any atom is 0.416 e. The fraction of sp³-hybridized carbons (Fsp3) is 0.214. The highest BCUT2D eigenvalue weighted by atomic mass is 19.4. The molecule has 0 fully saturated rings. The third-order valence-electron chi connectivity index (χ3n) is 6.77. The molecule has 38 heavy (non-hydrogen) atoms. The highest BCUT2D eigenvalue weighted by molar-refractivity contribution is 5.92. The maximum atomic E-state index is 13.2. The summed E-state index contributed by atoms with van der Waals surface area (Å²) in [6.07, 6.45) is -8.89. The molecule has 0 spiro atoms. The van der Waals surface area contributed by atoms with E-state index in [1.807, 2.05) is 24.3 Å². The second-order valence-corrected chi connectivity index (χ2v) is 9.27. The predicted octanol–water partition coefficient (Wildman–Crippen LogP) is 7.59. The zero-order valence-corrected chi connectivity index (χ0v) is 19.7. The Hall–Kier alpha value is -4.08. The van der Waals surface area contributed by atoms with Gasteiger partial charge in [0.05, 0.1) is 11.1 Å². The second-order valence-electron chi connectivity index (χ2n) is 9.27. The Morgan fingerprint density at radius 2 is 1.18 bits per heavy atom. The zero-order valence-electron chi connectivity index (χ0n) is 19.7. The van der Waals surface area contributed by atoms with Gasteiger partial charge in [-0.1, -0.05) is 24.3 Å². The molecule has 0 saturated carbocycles. The van der Waals surface area contributed by atoms with Crippen molar-refractivity contribution in [3.05, 3.63) is 95.1 Å². The van der Waals surface area contributed by atoms with Crippen molar-refractivity contribution in [1.29, 1.82) is 0 Å². The smallest absolute Gasteiger partial charge is 0.416 e. The van der Waals surface area contributed by atoms with Crippen LogP contribution in [0.3, 0.4) is 0 Å². The minimum atomic E-state index is -4.45. The van der Waals surface area contributed by atoms with Gasteiger partial charge >= 0.3 is 12.4 Å². The van der Waals surface area contributed by atoms with Gasteiger partial charge in [-0.05, 0) is 53.9 Å². The molecule has 2 heterocycles. The molecule has 0 bridgehead atoms. The minimum absolute atomic E-state index is 0.0668. The van der Waals surface area contributed by atoms with Crippen molar-refractivity contribution in [2.45, 2.75) is 25.4 Å². The van der Waals surface area contributed by atoms with E-state index in [4.69, 9.17) is 9.47 Å². The Balaban J connectivity index is 1.30. The number of anilines is 2. The van der Waals surface area contributed by atoms with E-state index in [1.54, 1.807) is 21.9 Å². The van der Waals surface area contributed by atoms with Gasteiger partial charge < -0.3 is 19.3 Å². The van der Waals surface area contributed by atoms with Gasteiger partial charge in [0, 0.05) is 41.0 Å². The van der Waals surface area contributed by atoms with Gasteiger partial charge in [-0.15, -0.1) is 0 Å². The first-order chi connectivity index (χ1) is 18.1. The summed E-state index contributed by atoms with van der Waals surface area (Å²) in [7, 11) is 0. The highest BCUT2D eigenvalue weighted by Gasteiger charge is 2.32. The molecule has 0 radical (unpaired) electrons. The second kappa shape index (κ2) is 8.75. The summed E-state index contributed by atoms with van der Waals surface area (Å²) in [5, 5.41) is 1.67. The van der Waals surface area contributed by atoms with Crippen molar-refractivity contribution in [2.75, 3.05) is 23.3 Å². The average Bonchev–Trinajstić information content (AvgIpc) is 2.90. The van der Waals surface area contributed by atoms with Crippen LogP contribution in [-0.2, 0) is 25.4 Å². The van der Waals surface area contributed by atoms with Gasteiger partial charge in [-0.2, -0.15) is 26.3 Å². The van der Waals surface area contributed by atoms with Crippen molar-refractivity contribution in [3.8, 4) is 11.5 Å². The lowest BCUT2D eigenvalue weighted by molar-refractivity contribution is -0.138. The van der Waals surface area contributed by atoms with Crippen LogP contribution in [0.5, 0.6) is 11.5 Å². The van der Waals surface area contributed by atoms with Crippen molar-refractivity contribution >= 4 is 22.1 Å². The maximum absolute atomic E-state index is 13.2. The Morgan fingerprint density at radius 3 is 1.79 bits per heavy atom. The number of alkyl halides is 6. The van der Waals surface area contributed by atoms with Crippen LogP contribution in [0, 0.1) is 0 Å². The van der Waals surface area contributed by atoms with Gasteiger partial charge in [0.2, 0.25) is 0 Å². The molecule has 0 aliphatic carbocycles. The van der Waals surface area contributed by atoms with Crippen LogP contribution in [0.4, 0.5) is 37.7 Å². The lowest BCUT2D eigenvalue weighted by atomic mass is 9.99. The molecule has 10 heteroatoms. The van der Waals surface area contributed by atoms with Gasteiger partial charge in [-0.25, -0.2) is 0 Å². The number of ether oxygens (including phenoxy) is 2. The fourth-order valence-electron chi connectivity index (χ4n) is 4.85. The quantitative estimate of drug-likeness (QED) is 0.249. The van der Waals surface area contributed by atoms with Gasteiger partial charge in [0.1, 0.15) is 11.5 Å². The van der Waals surface area contributed by atoms with Crippen LogP contribution in [0.25, 0.3) is 10.8 Å². The van der Waals surface area contributed by atoms with E-state index < -0.39 is 23.5 Å². The van der Waals surface area contributed by atoms with Crippen LogP contribution in [0.15, 0.2) is 72.8 Å². The lowest BCUT2D eigenvalue weighted by Gasteiger charge is -2.33. The number of rotatable bonds is 2. The number of hydrogen-bond acceptors (Lipinski definition) is 4. The molecular weight excluding hydrogens is 510 g/mol. The first kappa shape index (κ1) is 24.3. The number of hydrogen-bond donors (Lipinski definition) is 0. The SMILES string of the molecule is FC(F)(F)c1cccc(N2COc3cc4ccc5c(c4cc3C2)OCN(c2cccc(C(F)(F)F)c2)C5)c1. The third kappa shape index (κ3) is 4.44. The van der Waals surface area contributed by atoms with Gasteiger partial charge in [0.15, 0.2) is 13.5 Å². The summed E-state index contributed by atoms with van der Waals surface area (Å²) in [5.41, 5.74) is 0.948. The molecule has 0 unspecified atom stereocenters. The number of halogens is 6. The summed E-state index contributed by atoms with van der Waals surface area (Å²) in [6, 6.07) is 17.8. The van der Waals surface area contributed by atoms with E-state index in [0.717, 1.165) is 46.2 Å². The van der Waals surface area contributed by atoms with Crippen LogP contribution >= 0.6 is 0 Å². The number of fused-ring (bicyclic) bond motifs is 4. The summed E-state index contributed by atoms with van der Waals surface area (Å²) < 4.78 is 91.1. The molecule has 0 aromatic heterocycles. The van der Waals surface area contributed by atoms with Crippen LogP contribution < -0.4 is 19.3 Å². The molecule has 0 N–H and O–H groups in total. The number of benzene rings is 4. The zero-order chi connectivity index (χ0) is 26.7. The molecule has 4 aromatic rings. The van der Waals surface area contributed by atoms with Crippen LogP contribution in [0.2, 0.25) is 0 Å². The van der Waals surface area contributed by atoms with E-state index in [2.05, 4.69) is 0 Å². The summed E-state index contributed by atoms with van der Waals surface area (Å²) in [4.78, 5) is 3.44. The van der Waals surface area contributed by atoms with Crippen LogP contribution in [-0.4, -0.2) is 13.5 Å². The first-order valence-electron chi connectivity index (χ1n) is 11.7. The average molecular weight is 530 g/mol. The summed E-state index contributed by atoms with van der Waals surface area (Å²) in [5.74, 6) is 1.27. The molecule has 0 saturated heterocycles. The van der Waals surface area contributed by atoms with Crippen molar-refractivity contribution < 1.29 is 35.8 Å². The fourth-order valence-corrected chi connectivity index (χ4v) is 4.85. The molecule has 196 valence electrons. The van der Waals surface area contributed by atoms with E-state index in [1.165, 1.54) is 12.1 Å². The van der Waals surface area contributed by atoms with Gasteiger partial charge in [0.25, 0.3) is 0 Å². The largest absolute Gasteiger partial charge is 0.473 e. The molecule has 6 rings (SSSR count).